The Morgan fingerprint density at radius 2 is 1.02 bits per heavy atom. The second-order valence-corrected chi connectivity index (χ2v) is 12.4. The van der Waals surface area contributed by atoms with Gasteiger partial charge in [0.1, 0.15) is 11.2 Å². The van der Waals surface area contributed by atoms with Gasteiger partial charge in [0.05, 0.1) is 25.4 Å². The van der Waals surface area contributed by atoms with Crippen molar-refractivity contribution in [2.45, 2.75) is 128 Å². The summed E-state index contributed by atoms with van der Waals surface area (Å²) in [6.07, 6.45) is -2.96. The molecule has 0 aromatic heterocycles. The molecule has 2 rings (SSSR count). The quantitative estimate of drug-likeness (QED) is 0.239. The lowest BCUT2D eigenvalue weighted by Crippen LogP contribution is -2.60. The number of nitrogens with zero attached hydrogens (tertiary/aromatic N) is 2. The molecule has 0 spiro atoms. The summed E-state index contributed by atoms with van der Waals surface area (Å²) >= 11 is 0. The second kappa shape index (κ2) is 12.9. The number of rotatable bonds is 9. The first-order chi connectivity index (χ1) is 18.5. The van der Waals surface area contributed by atoms with Crippen LogP contribution < -0.4 is 0 Å². The second-order valence-electron chi connectivity index (χ2n) is 12.4. The molecule has 0 radical (unpaired) electrons. The molecule has 0 saturated carbocycles. The van der Waals surface area contributed by atoms with Crippen molar-refractivity contribution >= 4 is 24.1 Å². The van der Waals surface area contributed by atoms with Crippen molar-refractivity contribution in [3.63, 3.8) is 0 Å². The summed E-state index contributed by atoms with van der Waals surface area (Å²) < 4.78 is 21.7. The van der Waals surface area contributed by atoms with Crippen LogP contribution in [0.15, 0.2) is 0 Å². The Hall–Kier alpha value is -2.60. The van der Waals surface area contributed by atoms with Gasteiger partial charge in [-0.25, -0.2) is 19.2 Å². The fourth-order valence-corrected chi connectivity index (χ4v) is 5.48. The Morgan fingerprint density at radius 1 is 0.700 bits per heavy atom. The van der Waals surface area contributed by atoms with E-state index in [2.05, 4.69) is 0 Å². The first kappa shape index (κ1) is 33.6. The molecule has 2 N–H and O–H groups in total. The molecule has 2 amide bonds. The minimum absolute atomic E-state index is 0.0215. The molecule has 40 heavy (non-hydrogen) atoms. The van der Waals surface area contributed by atoms with Crippen LogP contribution in [-0.4, -0.2) is 105 Å². The molecule has 2 aliphatic rings. The zero-order chi connectivity index (χ0) is 30.5. The van der Waals surface area contributed by atoms with E-state index in [9.17, 15) is 29.4 Å². The minimum Gasteiger partial charge on any atom is -0.464 e. The summed E-state index contributed by atoms with van der Waals surface area (Å²) in [6.45, 7) is 13.9. The van der Waals surface area contributed by atoms with Crippen LogP contribution in [0.3, 0.4) is 0 Å². The van der Waals surface area contributed by atoms with Crippen LogP contribution in [0.1, 0.15) is 93.9 Å². The highest BCUT2D eigenvalue weighted by molar-refractivity contribution is 5.88. The molecule has 230 valence electrons. The fraction of sp³-hybridized carbons (Fsp3) is 0.857. The number of unbranched alkanes of at least 4 members (excludes halogenated alkanes) is 1. The highest BCUT2D eigenvalue weighted by Crippen LogP contribution is 2.40. The van der Waals surface area contributed by atoms with Crippen LogP contribution >= 0.6 is 0 Å². The zero-order valence-electron chi connectivity index (χ0n) is 25.3. The van der Waals surface area contributed by atoms with Gasteiger partial charge in [0.15, 0.2) is 11.1 Å². The van der Waals surface area contributed by atoms with Crippen LogP contribution in [0.4, 0.5) is 9.59 Å². The van der Waals surface area contributed by atoms with Gasteiger partial charge in [-0.2, -0.15) is 0 Å². The molecular formula is C28H48N2O10. The molecule has 4 atom stereocenters. The van der Waals surface area contributed by atoms with Crippen molar-refractivity contribution in [1.82, 2.24) is 9.80 Å². The van der Waals surface area contributed by atoms with E-state index in [0.29, 0.717) is 0 Å². The molecule has 0 unspecified atom stereocenters. The summed E-state index contributed by atoms with van der Waals surface area (Å²) in [5.41, 5.74) is -4.98. The van der Waals surface area contributed by atoms with Gasteiger partial charge in [-0.15, -0.1) is 0 Å². The largest absolute Gasteiger partial charge is 0.464 e. The number of ether oxygens (including phenoxy) is 4. The number of likely N-dealkylation sites (tertiary alicyclic amines) is 2. The monoisotopic (exact) mass is 572 g/mol. The molecule has 0 bridgehead atoms. The van der Waals surface area contributed by atoms with E-state index >= 15 is 0 Å². The summed E-state index contributed by atoms with van der Waals surface area (Å²) in [6, 6.07) is 0. The van der Waals surface area contributed by atoms with Crippen molar-refractivity contribution in [2.24, 2.45) is 0 Å². The topological polar surface area (TPSA) is 152 Å². The third kappa shape index (κ3) is 7.18. The van der Waals surface area contributed by atoms with E-state index in [-0.39, 0.29) is 64.8 Å². The van der Waals surface area contributed by atoms with Gasteiger partial charge in [0, 0.05) is 13.1 Å². The van der Waals surface area contributed by atoms with Gasteiger partial charge >= 0.3 is 24.1 Å². The van der Waals surface area contributed by atoms with Crippen LogP contribution in [0.5, 0.6) is 0 Å². The number of carbonyl (C=O) groups is 4. The van der Waals surface area contributed by atoms with Crippen molar-refractivity contribution in [2.75, 3.05) is 26.3 Å². The maximum atomic E-state index is 13.3. The van der Waals surface area contributed by atoms with E-state index in [4.69, 9.17) is 18.9 Å². The van der Waals surface area contributed by atoms with Gasteiger partial charge in [0.25, 0.3) is 0 Å². The number of aliphatic hydroxyl groups is 2. The van der Waals surface area contributed by atoms with Gasteiger partial charge < -0.3 is 29.2 Å². The predicted molar refractivity (Wildman–Crippen MR) is 144 cm³/mol. The van der Waals surface area contributed by atoms with Crippen LogP contribution in [-0.2, 0) is 28.5 Å². The molecule has 2 saturated heterocycles. The SMILES string of the molecule is CCOC(=O)[C@@]1(CCCC[C@]2(C(=O)OCC)[C@@H](O)CCN2C(=O)OC(C)(C)C)[C@@H](O)CCN1C(=O)OC(C)(C)C. The molecule has 0 aromatic carbocycles. The maximum absolute atomic E-state index is 13.3. The Kier molecular flexibility index (Phi) is 10.9. The van der Waals surface area contributed by atoms with Gasteiger partial charge in [-0.05, 0) is 81.1 Å². The molecule has 2 heterocycles. The smallest absolute Gasteiger partial charge is 0.411 e. The highest BCUT2D eigenvalue weighted by Gasteiger charge is 2.59. The Balaban J connectivity index is 2.33. The average molecular weight is 573 g/mol. The Bertz CT molecular complexity index is 853. The lowest BCUT2D eigenvalue weighted by atomic mass is 9.83. The van der Waals surface area contributed by atoms with Crippen LogP contribution in [0.25, 0.3) is 0 Å². The summed E-state index contributed by atoms with van der Waals surface area (Å²) in [5.74, 6) is -1.47. The first-order valence-corrected chi connectivity index (χ1v) is 14.2. The van der Waals surface area contributed by atoms with Crippen molar-refractivity contribution in [3.05, 3.63) is 0 Å². The molecule has 2 fully saturated rings. The molecule has 12 heteroatoms. The summed E-state index contributed by atoms with van der Waals surface area (Å²) in [5, 5.41) is 22.0. The number of hydrogen-bond acceptors (Lipinski definition) is 10. The number of esters is 2. The van der Waals surface area contributed by atoms with Gasteiger partial charge in [0.2, 0.25) is 0 Å². The van der Waals surface area contributed by atoms with E-state index in [1.807, 2.05) is 0 Å². The highest BCUT2D eigenvalue weighted by atomic mass is 16.6. The van der Waals surface area contributed by atoms with Crippen molar-refractivity contribution in [1.29, 1.82) is 0 Å². The molecule has 0 aliphatic carbocycles. The molecule has 0 aromatic rings. The standard InChI is InChI=1S/C28H48N2O10/c1-9-37-21(33)27(19(31)13-17-29(27)23(35)39-25(3,4)5)15-11-12-16-28(22(34)38-10-2)20(32)14-18-30(28)24(36)40-26(6,7)8/h19-20,31-32H,9-18H2,1-8H3/t19-,20-,27+,28+/m0/s1. The molecular weight excluding hydrogens is 524 g/mol. The average Bonchev–Trinajstić information content (AvgIpc) is 3.33. The Morgan fingerprint density at radius 3 is 1.30 bits per heavy atom. The normalized spacial score (nSPS) is 26.9. The van der Waals surface area contributed by atoms with E-state index in [1.165, 1.54) is 9.80 Å². The third-order valence-electron chi connectivity index (χ3n) is 7.17. The number of hydrogen-bond donors (Lipinski definition) is 2. The lowest BCUT2D eigenvalue weighted by Gasteiger charge is -2.40. The fourth-order valence-electron chi connectivity index (χ4n) is 5.48. The maximum Gasteiger partial charge on any atom is 0.411 e. The van der Waals surface area contributed by atoms with E-state index in [1.54, 1.807) is 55.4 Å². The number of amides is 2. The summed E-state index contributed by atoms with van der Waals surface area (Å²) in [4.78, 5) is 55.2. The molecule has 12 nitrogen and oxygen atoms in total. The molecule has 2 aliphatic heterocycles. The van der Waals surface area contributed by atoms with Crippen LogP contribution in [0, 0.1) is 0 Å². The number of carbonyl (C=O) groups excluding carboxylic acids is 4. The summed E-state index contributed by atoms with van der Waals surface area (Å²) in [7, 11) is 0. The van der Waals surface area contributed by atoms with Crippen molar-refractivity contribution in [3.8, 4) is 0 Å². The van der Waals surface area contributed by atoms with Crippen molar-refractivity contribution < 1.29 is 48.3 Å². The predicted octanol–water partition coefficient (Wildman–Crippen LogP) is 3.15. The Labute approximate surface area is 237 Å². The van der Waals surface area contributed by atoms with E-state index in [0.717, 1.165) is 0 Å². The van der Waals surface area contributed by atoms with Gasteiger partial charge in [-0.1, -0.05) is 12.8 Å². The minimum atomic E-state index is -1.67. The third-order valence-corrected chi connectivity index (χ3v) is 7.17. The van der Waals surface area contributed by atoms with Crippen LogP contribution in [0.2, 0.25) is 0 Å². The number of aliphatic hydroxyl groups excluding tert-OH is 2. The van der Waals surface area contributed by atoms with Gasteiger partial charge in [-0.3, -0.25) is 9.80 Å². The zero-order valence-corrected chi connectivity index (χ0v) is 25.3. The first-order valence-electron chi connectivity index (χ1n) is 14.2. The lowest BCUT2D eigenvalue weighted by molar-refractivity contribution is -0.163. The van der Waals surface area contributed by atoms with E-state index < -0.39 is 58.6 Å².